The summed E-state index contributed by atoms with van der Waals surface area (Å²) in [6.45, 7) is 0.242. The second-order valence-electron chi connectivity index (χ2n) is 6.27. The van der Waals surface area contributed by atoms with E-state index in [1.807, 2.05) is 24.3 Å². The summed E-state index contributed by atoms with van der Waals surface area (Å²) in [5, 5.41) is 19.3. The van der Waals surface area contributed by atoms with Crippen molar-refractivity contribution in [3.63, 3.8) is 0 Å². The van der Waals surface area contributed by atoms with Gasteiger partial charge in [-0.15, -0.1) is 0 Å². The van der Waals surface area contributed by atoms with Crippen LogP contribution in [0.4, 0.5) is 0 Å². The van der Waals surface area contributed by atoms with E-state index in [2.05, 4.69) is 15.5 Å². The van der Waals surface area contributed by atoms with Gasteiger partial charge < -0.3 is 15.2 Å². The zero-order valence-electron chi connectivity index (χ0n) is 13.8. The average Bonchev–Trinajstić information content (AvgIpc) is 3.13. The van der Waals surface area contributed by atoms with Crippen LogP contribution in [-0.4, -0.2) is 41.0 Å². The maximum atomic E-state index is 12.4. The van der Waals surface area contributed by atoms with Crippen molar-refractivity contribution >= 4 is 5.91 Å². The fraction of sp³-hybridized carbons (Fsp3) is 0.444. The molecular weight excluding hydrogens is 306 g/mol. The number of aliphatic hydroxyl groups is 1. The van der Waals surface area contributed by atoms with Crippen molar-refractivity contribution in [2.24, 2.45) is 5.92 Å². The number of methoxy groups -OCH3 is 1. The van der Waals surface area contributed by atoms with Crippen LogP contribution in [0, 0.1) is 5.92 Å². The monoisotopic (exact) mass is 329 g/mol. The van der Waals surface area contributed by atoms with Crippen LogP contribution >= 0.6 is 0 Å². The Labute approximate surface area is 141 Å². The van der Waals surface area contributed by atoms with Crippen LogP contribution in [0.2, 0.25) is 0 Å². The van der Waals surface area contributed by atoms with Gasteiger partial charge in [0.25, 0.3) is 5.91 Å². The van der Waals surface area contributed by atoms with Gasteiger partial charge in [-0.25, -0.2) is 0 Å². The Kier molecular flexibility index (Phi) is 5.15. The first-order valence-electron chi connectivity index (χ1n) is 8.31. The second kappa shape index (κ2) is 7.49. The van der Waals surface area contributed by atoms with E-state index in [4.69, 9.17) is 4.74 Å². The number of aliphatic hydroxyl groups excluding tert-OH is 1. The molecule has 1 heterocycles. The average molecular weight is 329 g/mol. The van der Waals surface area contributed by atoms with Crippen molar-refractivity contribution in [1.82, 2.24) is 15.5 Å². The number of rotatable bonds is 5. The minimum absolute atomic E-state index is 0.130. The van der Waals surface area contributed by atoms with Crippen LogP contribution in [-0.2, 0) is 0 Å². The van der Waals surface area contributed by atoms with Crippen molar-refractivity contribution < 1.29 is 14.6 Å². The van der Waals surface area contributed by atoms with Crippen molar-refractivity contribution in [3.05, 3.63) is 36.0 Å². The van der Waals surface area contributed by atoms with Crippen molar-refractivity contribution in [1.29, 1.82) is 0 Å². The van der Waals surface area contributed by atoms with Gasteiger partial charge in [0, 0.05) is 18.2 Å². The summed E-state index contributed by atoms with van der Waals surface area (Å²) in [4.78, 5) is 12.4. The van der Waals surface area contributed by atoms with Crippen LogP contribution < -0.4 is 10.1 Å². The number of nitrogens with zero attached hydrogens (tertiary/aromatic N) is 1. The van der Waals surface area contributed by atoms with E-state index in [1.165, 1.54) is 0 Å². The molecule has 1 aliphatic rings. The summed E-state index contributed by atoms with van der Waals surface area (Å²) in [7, 11) is 1.63. The molecule has 3 rings (SSSR count). The standard InChI is InChI=1S/C18H23N3O3/c1-24-15-8-4-13(5-9-15)16-10-17(21-20-16)18(23)19-14-6-2-12(11-22)3-7-14/h4-5,8-10,12,14,22H,2-3,6-7,11H2,1H3,(H,19,23)(H,20,21). The lowest BCUT2D eigenvalue weighted by Crippen LogP contribution is -2.38. The van der Waals surface area contributed by atoms with Crippen LogP contribution in [0.5, 0.6) is 5.75 Å². The molecule has 0 unspecified atom stereocenters. The number of H-pyrrole nitrogens is 1. The fourth-order valence-electron chi connectivity index (χ4n) is 3.10. The predicted octanol–water partition coefficient (Wildman–Crippen LogP) is 2.37. The third-order valence-corrected chi connectivity index (χ3v) is 4.65. The minimum Gasteiger partial charge on any atom is -0.497 e. The molecule has 1 aromatic carbocycles. The number of nitrogens with one attached hydrogen (secondary N) is 2. The number of hydrogen-bond donors (Lipinski definition) is 3. The van der Waals surface area contributed by atoms with Crippen LogP contribution in [0.25, 0.3) is 11.3 Å². The van der Waals surface area contributed by atoms with Gasteiger partial charge >= 0.3 is 0 Å². The fourth-order valence-corrected chi connectivity index (χ4v) is 3.10. The number of amides is 1. The molecule has 2 aromatic rings. The summed E-state index contributed by atoms with van der Waals surface area (Å²) in [5.74, 6) is 1.03. The van der Waals surface area contributed by atoms with Crippen LogP contribution in [0.1, 0.15) is 36.2 Å². The van der Waals surface area contributed by atoms with Gasteiger partial charge in [0.05, 0.1) is 12.8 Å². The van der Waals surface area contributed by atoms with Gasteiger partial charge in [0.2, 0.25) is 0 Å². The number of ether oxygens (including phenoxy) is 1. The van der Waals surface area contributed by atoms with Gasteiger partial charge in [-0.1, -0.05) is 0 Å². The molecule has 0 radical (unpaired) electrons. The third kappa shape index (κ3) is 3.76. The normalized spacial score (nSPS) is 20.6. The highest BCUT2D eigenvalue weighted by atomic mass is 16.5. The Bertz CT molecular complexity index is 673. The molecule has 1 amide bonds. The number of aromatic amines is 1. The maximum Gasteiger partial charge on any atom is 0.269 e. The summed E-state index contributed by atoms with van der Waals surface area (Å²) in [6.07, 6.45) is 3.75. The number of benzene rings is 1. The van der Waals surface area contributed by atoms with E-state index in [0.717, 1.165) is 42.7 Å². The summed E-state index contributed by atoms with van der Waals surface area (Å²) in [5.41, 5.74) is 2.12. The van der Waals surface area contributed by atoms with E-state index in [0.29, 0.717) is 11.6 Å². The van der Waals surface area contributed by atoms with Crippen molar-refractivity contribution in [2.45, 2.75) is 31.7 Å². The van der Waals surface area contributed by atoms with Crippen molar-refractivity contribution in [3.8, 4) is 17.0 Å². The zero-order chi connectivity index (χ0) is 16.9. The molecule has 0 saturated heterocycles. The maximum absolute atomic E-state index is 12.4. The summed E-state index contributed by atoms with van der Waals surface area (Å²) < 4.78 is 5.14. The molecule has 6 heteroatoms. The SMILES string of the molecule is COc1ccc(-c2cc(C(=O)NC3CCC(CO)CC3)[nH]n2)cc1. The largest absolute Gasteiger partial charge is 0.497 e. The van der Waals surface area contributed by atoms with E-state index in [-0.39, 0.29) is 18.6 Å². The molecule has 1 fully saturated rings. The molecule has 0 bridgehead atoms. The quantitative estimate of drug-likeness (QED) is 0.786. The number of carbonyl (C=O) groups excluding carboxylic acids is 1. The molecule has 1 aromatic heterocycles. The Morgan fingerprint density at radius 3 is 2.62 bits per heavy atom. The molecule has 6 nitrogen and oxygen atoms in total. The lowest BCUT2D eigenvalue weighted by atomic mass is 9.86. The lowest BCUT2D eigenvalue weighted by molar-refractivity contribution is 0.0909. The van der Waals surface area contributed by atoms with E-state index in [1.54, 1.807) is 13.2 Å². The highest BCUT2D eigenvalue weighted by Crippen LogP contribution is 2.24. The summed E-state index contributed by atoms with van der Waals surface area (Å²) in [6, 6.07) is 9.48. The number of aromatic nitrogens is 2. The van der Waals surface area contributed by atoms with E-state index in [9.17, 15) is 9.90 Å². The van der Waals surface area contributed by atoms with E-state index < -0.39 is 0 Å². The first kappa shape index (κ1) is 16.5. The molecule has 128 valence electrons. The van der Waals surface area contributed by atoms with Crippen LogP contribution in [0.3, 0.4) is 0 Å². The van der Waals surface area contributed by atoms with Crippen molar-refractivity contribution in [2.75, 3.05) is 13.7 Å². The predicted molar refractivity (Wildman–Crippen MR) is 90.9 cm³/mol. The van der Waals surface area contributed by atoms with Gasteiger partial charge in [-0.3, -0.25) is 9.89 Å². The molecular formula is C18H23N3O3. The molecule has 1 saturated carbocycles. The van der Waals surface area contributed by atoms with Gasteiger partial charge in [-0.05, 0) is 61.9 Å². The Morgan fingerprint density at radius 1 is 1.29 bits per heavy atom. The highest BCUT2D eigenvalue weighted by Gasteiger charge is 2.23. The molecule has 0 spiro atoms. The molecule has 24 heavy (non-hydrogen) atoms. The smallest absolute Gasteiger partial charge is 0.269 e. The molecule has 0 aliphatic heterocycles. The zero-order valence-corrected chi connectivity index (χ0v) is 13.8. The first-order valence-corrected chi connectivity index (χ1v) is 8.31. The highest BCUT2D eigenvalue weighted by molar-refractivity contribution is 5.93. The minimum atomic E-state index is -0.130. The molecule has 3 N–H and O–H groups in total. The number of carbonyl (C=O) groups is 1. The Balaban J connectivity index is 1.61. The first-order chi connectivity index (χ1) is 11.7. The van der Waals surface area contributed by atoms with Gasteiger partial charge in [0.1, 0.15) is 11.4 Å². The van der Waals surface area contributed by atoms with Gasteiger partial charge in [0.15, 0.2) is 0 Å². The lowest BCUT2D eigenvalue weighted by Gasteiger charge is -2.27. The molecule has 1 aliphatic carbocycles. The third-order valence-electron chi connectivity index (χ3n) is 4.65. The summed E-state index contributed by atoms with van der Waals surface area (Å²) >= 11 is 0. The van der Waals surface area contributed by atoms with Crippen LogP contribution in [0.15, 0.2) is 30.3 Å². The topological polar surface area (TPSA) is 87.2 Å². The second-order valence-corrected chi connectivity index (χ2v) is 6.27. The van der Waals surface area contributed by atoms with Gasteiger partial charge in [-0.2, -0.15) is 5.10 Å². The number of hydrogen-bond acceptors (Lipinski definition) is 4. The Morgan fingerprint density at radius 2 is 2.00 bits per heavy atom. The Hall–Kier alpha value is -2.34. The van der Waals surface area contributed by atoms with E-state index >= 15 is 0 Å². The molecule has 0 atom stereocenters.